The second-order valence-electron chi connectivity index (χ2n) is 7.32. The van der Waals surface area contributed by atoms with E-state index in [4.69, 9.17) is 5.73 Å². The number of halogens is 2. The van der Waals surface area contributed by atoms with Gasteiger partial charge >= 0.3 is 0 Å². The number of aromatic nitrogens is 3. The second-order valence-corrected chi connectivity index (χ2v) is 8.18. The SMILES string of the molecule is NC(=O)[C@@H]1[C@H](Nc2c(Br)cnc3[nH]c(-c4cccc(F)c4)nc23)[C@H]2C=C[C@@H]1C2. The van der Waals surface area contributed by atoms with Crippen molar-refractivity contribution in [2.75, 3.05) is 5.32 Å². The predicted octanol–water partition coefficient (Wildman–Crippen LogP) is 3.61. The van der Waals surface area contributed by atoms with Crippen molar-refractivity contribution in [2.24, 2.45) is 23.5 Å². The topological polar surface area (TPSA) is 96.7 Å². The van der Waals surface area contributed by atoms with Crippen molar-refractivity contribution < 1.29 is 9.18 Å². The van der Waals surface area contributed by atoms with Crippen molar-refractivity contribution in [3.05, 3.63) is 52.9 Å². The number of fused-ring (bicyclic) bond motifs is 3. The third-order valence-electron chi connectivity index (χ3n) is 5.66. The van der Waals surface area contributed by atoms with Crippen LogP contribution in [-0.4, -0.2) is 26.9 Å². The normalized spacial score (nSPS) is 25.5. The Morgan fingerprint density at radius 3 is 2.93 bits per heavy atom. The van der Waals surface area contributed by atoms with E-state index in [0.29, 0.717) is 22.6 Å². The summed E-state index contributed by atoms with van der Waals surface area (Å²) in [7, 11) is 0. The van der Waals surface area contributed by atoms with Crippen LogP contribution in [0.25, 0.3) is 22.6 Å². The number of rotatable bonds is 4. The number of allylic oxidation sites excluding steroid dienone is 1. The molecular formula is C20H17BrFN5O. The lowest BCUT2D eigenvalue weighted by molar-refractivity contribution is -0.122. The summed E-state index contributed by atoms with van der Waals surface area (Å²) in [5.74, 6) is 0.0772. The van der Waals surface area contributed by atoms with Crippen LogP contribution in [0.5, 0.6) is 0 Å². The van der Waals surface area contributed by atoms with Crippen LogP contribution in [-0.2, 0) is 4.79 Å². The molecule has 2 aromatic heterocycles. The van der Waals surface area contributed by atoms with Gasteiger partial charge in [-0.1, -0.05) is 24.3 Å². The lowest BCUT2D eigenvalue weighted by Gasteiger charge is -2.28. The highest BCUT2D eigenvalue weighted by molar-refractivity contribution is 9.10. The molecule has 0 spiro atoms. The van der Waals surface area contributed by atoms with Gasteiger partial charge in [-0.2, -0.15) is 0 Å². The maximum atomic E-state index is 13.6. The Hall–Kier alpha value is -2.74. The number of pyridine rings is 1. The number of nitrogens with two attached hydrogens (primary N) is 1. The Bertz CT molecular complexity index is 1130. The summed E-state index contributed by atoms with van der Waals surface area (Å²) in [6.45, 7) is 0. The molecular weight excluding hydrogens is 425 g/mol. The van der Waals surface area contributed by atoms with Gasteiger partial charge in [0.2, 0.25) is 5.91 Å². The van der Waals surface area contributed by atoms with Crippen molar-refractivity contribution >= 4 is 38.7 Å². The molecule has 2 aliphatic rings. The van der Waals surface area contributed by atoms with Gasteiger partial charge in [0.15, 0.2) is 5.65 Å². The van der Waals surface area contributed by atoms with Crippen molar-refractivity contribution in [3.8, 4) is 11.4 Å². The van der Waals surface area contributed by atoms with E-state index in [1.165, 1.54) is 12.1 Å². The number of hydrogen-bond donors (Lipinski definition) is 3. The molecule has 0 aliphatic heterocycles. The average molecular weight is 442 g/mol. The van der Waals surface area contributed by atoms with Crippen LogP contribution in [0.4, 0.5) is 10.1 Å². The van der Waals surface area contributed by atoms with Crippen LogP contribution in [0.15, 0.2) is 47.1 Å². The van der Waals surface area contributed by atoms with E-state index in [1.54, 1.807) is 18.3 Å². The minimum atomic E-state index is -0.330. The van der Waals surface area contributed by atoms with E-state index >= 15 is 0 Å². The number of H-pyrrole nitrogens is 1. The maximum absolute atomic E-state index is 13.6. The number of nitrogens with zero attached hydrogens (tertiary/aromatic N) is 2. The van der Waals surface area contributed by atoms with Gasteiger partial charge in [-0.05, 0) is 46.3 Å². The number of imidazole rings is 1. The average Bonchev–Trinajstić information content (AvgIpc) is 3.38. The molecule has 0 saturated heterocycles. The molecule has 2 bridgehead atoms. The summed E-state index contributed by atoms with van der Waals surface area (Å²) in [5.41, 5.74) is 8.28. The summed E-state index contributed by atoms with van der Waals surface area (Å²) in [5, 5.41) is 3.50. The summed E-state index contributed by atoms with van der Waals surface area (Å²) < 4.78 is 14.3. The monoisotopic (exact) mass is 441 g/mol. The zero-order chi connectivity index (χ0) is 19.4. The molecule has 2 aliphatic carbocycles. The Labute approximate surface area is 168 Å². The Kier molecular flexibility index (Phi) is 3.97. The number of carbonyl (C=O) groups is 1. The third kappa shape index (κ3) is 2.71. The van der Waals surface area contributed by atoms with Gasteiger partial charge in [-0.15, -0.1) is 0 Å². The van der Waals surface area contributed by atoms with Crippen LogP contribution < -0.4 is 11.1 Å². The minimum absolute atomic E-state index is 0.0938. The Balaban J connectivity index is 1.57. The van der Waals surface area contributed by atoms with Crippen molar-refractivity contribution in [2.45, 2.75) is 12.5 Å². The molecule has 142 valence electrons. The smallest absolute Gasteiger partial charge is 0.223 e. The molecule has 4 atom stereocenters. The number of amides is 1. The summed E-state index contributed by atoms with van der Waals surface area (Å²) in [4.78, 5) is 24.2. The minimum Gasteiger partial charge on any atom is -0.378 e. The van der Waals surface area contributed by atoms with Crippen LogP contribution in [0, 0.1) is 23.6 Å². The second kappa shape index (κ2) is 6.41. The van der Waals surface area contributed by atoms with Gasteiger partial charge in [0.05, 0.1) is 16.1 Å². The molecule has 6 nitrogen and oxygen atoms in total. The van der Waals surface area contributed by atoms with Crippen LogP contribution in [0.1, 0.15) is 6.42 Å². The van der Waals surface area contributed by atoms with E-state index in [2.05, 4.69) is 48.4 Å². The van der Waals surface area contributed by atoms with Gasteiger partial charge < -0.3 is 16.0 Å². The first-order valence-corrected chi connectivity index (χ1v) is 9.85. The quantitative estimate of drug-likeness (QED) is 0.538. The fraction of sp³-hybridized carbons (Fsp3) is 0.250. The first kappa shape index (κ1) is 17.4. The number of carbonyl (C=O) groups excluding carboxylic acids is 1. The molecule has 8 heteroatoms. The standard InChI is InChI=1S/C20H17BrFN5O/c21-13-8-24-20-17(26-19(27-20)11-2-1-3-12(22)7-11)16(13)25-15-10-5-4-9(6-10)14(15)18(23)28/h1-5,7-10,14-15H,6H2,(H2,23,28)(H2,24,25,26,27)/t9-,10+,14+,15-/m1/s1. The van der Waals surface area contributed by atoms with Crippen LogP contribution >= 0.6 is 15.9 Å². The number of aromatic amines is 1. The van der Waals surface area contributed by atoms with E-state index in [0.717, 1.165) is 16.6 Å². The molecule has 1 fully saturated rings. The van der Waals surface area contributed by atoms with E-state index in [1.807, 2.05) is 0 Å². The Morgan fingerprint density at radius 1 is 1.32 bits per heavy atom. The lowest BCUT2D eigenvalue weighted by Crippen LogP contribution is -2.41. The van der Waals surface area contributed by atoms with E-state index < -0.39 is 0 Å². The highest BCUT2D eigenvalue weighted by Gasteiger charge is 2.47. The maximum Gasteiger partial charge on any atom is 0.223 e. The van der Waals surface area contributed by atoms with Crippen molar-refractivity contribution in [1.82, 2.24) is 15.0 Å². The zero-order valence-electron chi connectivity index (χ0n) is 14.7. The summed E-state index contributed by atoms with van der Waals surface area (Å²) >= 11 is 3.54. The van der Waals surface area contributed by atoms with Crippen molar-refractivity contribution in [3.63, 3.8) is 0 Å². The molecule has 1 aromatic carbocycles. The molecule has 28 heavy (non-hydrogen) atoms. The van der Waals surface area contributed by atoms with Crippen LogP contribution in [0.2, 0.25) is 0 Å². The van der Waals surface area contributed by atoms with Crippen molar-refractivity contribution in [1.29, 1.82) is 0 Å². The zero-order valence-corrected chi connectivity index (χ0v) is 16.3. The van der Waals surface area contributed by atoms with Gasteiger partial charge in [0, 0.05) is 17.8 Å². The molecule has 4 N–H and O–H groups in total. The largest absolute Gasteiger partial charge is 0.378 e. The molecule has 2 heterocycles. The number of nitrogens with one attached hydrogen (secondary N) is 2. The van der Waals surface area contributed by atoms with Gasteiger partial charge in [-0.3, -0.25) is 4.79 Å². The molecule has 5 rings (SSSR count). The molecule has 3 aromatic rings. The van der Waals surface area contributed by atoms with E-state index in [-0.39, 0.29) is 35.5 Å². The number of benzene rings is 1. The predicted molar refractivity (Wildman–Crippen MR) is 108 cm³/mol. The molecule has 1 saturated carbocycles. The first-order chi connectivity index (χ1) is 13.5. The molecule has 0 unspecified atom stereocenters. The lowest BCUT2D eigenvalue weighted by atomic mass is 9.88. The van der Waals surface area contributed by atoms with E-state index in [9.17, 15) is 9.18 Å². The number of hydrogen-bond acceptors (Lipinski definition) is 4. The van der Waals surface area contributed by atoms with Gasteiger partial charge in [-0.25, -0.2) is 14.4 Å². The van der Waals surface area contributed by atoms with Crippen LogP contribution in [0.3, 0.4) is 0 Å². The molecule has 0 radical (unpaired) electrons. The van der Waals surface area contributed by atoms with Gasteiger partial charge in [0.1, 0.15) is 17.2 Å². The highest BCUT2D eigenvalue weighted by atomic mass is 79.9. The number of anilines is 1. The molecule has 1 amide bonds. The highest BCUT2D eigenvalue weighted by Crippen LogP contribution is 2.46. The third-order valence-corrected chi connectivity index (χ3v) is 6.27. The first-order valence-electron chi connectivity index (χ1n) is 9.05. The summed E-state index contributed by atoms with van der Waals surface area (Å²) in [6.07, 6.45) is 6.84. The summed E-state index contributed by atoms with van der Waals surface area (Å²) in [6, 6.07) is 6.14. The fourth-order valence-electron chi connectivity index (χ4n) is 4.41. The number of primary amides is 1. The Morgan fingerprint density at radius 2 is 2.14 bits per heavy atom. The fourth-order valence-corrected chi connectivity index (χ4v) is 4.82. The van der Waals surface area contributed by atoms with Gasteiger partial charge in [0.25, 0.3) is 0 Å².